The third kappa shape index (κ3) is 4.29. The average Bonchev–Trinajstić information content (AvgIpc) is 2.38. The molecular weight excluding hydrogens is 252 g/mol. The fourth-order valence-corrected chi connectivity index (χ4v) is 2.24. The normalized spacial score (nSPS) is 14.2. The Balaban J connectivity index is 2.50. The monoisotopic (exact) mass is 270 g/mol. The van der Waals surface area contributed by atoms with Crippen molar-refractivity contribution in [2.45, 2.75) is 24.8 Å². The molecule has 1 aromatic carbocycles. The van der Waals surface area contributed by atoms with Crippen LogP contribution in [-0.4, -0.2) is 34.2 Å². The second-order valence-electron chi connectivity index (χ2n) is 4.05. The van der Waals surface area contributed by atoms with Crippen molar-refractivity contribution in [2.24, 2.45) is 0 Å². The van der Waals surface area contributed by atoms with Gasteiger partial charge in [0.1, 0.15) is 0 Å². The van der Waals surface area contributed by atoms with E-state index in [1.807, 2.05) is 13.2 Å². The van der Waals surface area contributed by atoms with Gasteiger partial charge in [-0.1, -0.05) is 12.1 Å². The minimum absolute atomic E-state index is 0.101. The van der Waals surface area contributed by atoms with E-state index in [-0.39, 0.29) is 23.6 Å². The third-order valence-corrected chi connectivity index (χ3v) is 3.98. The Labute approximate surface area is 111 Å². The summed E-state index contributed by atoms with van der Waals surface area (Å²) in [5.74, 6) is 0. The molecule has 1 aromatic rings. The van der Waals surface area contributed by atoms with Crippen molar-refractivity contribution in [2.75, 3.05) is 12.9 Å². The predicted molar refractivity (Wildman–Crippen MR) is 73.8 cm³/mol. The lowest BCUT2D eigenvalue weighted by molar-refractivity contribution is -0.384. The highest BCUT2D eigenvalue weighted by Gasteiger charge is 2.14. The number of hydrogen-bond acceptors (Lipinski definition) is 5. The van der Waals surface area contributed by atoms with Gasteiger partial charge in [-0.05, 0) is 18.7 Å². The van der Waals surface area contributed by atoms with Gasteiger partial charge in [-0.2, -0.15) is 11.8 Å². The Kier molecular flexibility index (Phi) is 6.11. The van der Waals surface area contributed by atoms with Gasteiger partial charge in [-0.25, -0.2) is 0 Å². The summed E-state index contributed by atoms with van der Waals surface area (Å²) in [6, 6.07) is 6.66. The van der Waals surface area contributed by atoms with Crippen LogP contribution in [0.3, 0.4) is 0 Å². The molecule has 0 fully saturated rings. The summed E-state index contributed by atoms with van der Waals surface area (Å²) in [4.78, 5) is 10.1. The van der Waals surface area contributed by atoms with E-state index >= 15 is 0 Å². The minimum atomic E-state index is -0.407. The van der Waals surface area contributed by atoms with Crippen LogP contribution in [0, 0.1) is 10.1 Å². The Morgan fingerprint density at radius 1 is 1.44 bits per heavy atom. The van der Waals surface area contributed by atoms with Gasteiger partial charge >= 0.3 is 0 Å². The van der Waals surface area contributed by atoms with Crippen molar-refractivity contribution < 1.29 is 10.0 Å². The molecule has 6 heteroatoms. The van der Waals surface area contributed by atoms with Crippen LogP contribution in [-0.2, 0) is 6.54 Å². The molecule has 5 nitrogen and oxygen atoms in total. The van der Waals surface area contributed by atoms with Gasteiger partial charge in [0.2, 0.25) is 0 Å². The summed E-state index contributed by atoms with van der Waals surface area (Å²) in [6.07, 6.45) is 1.96. The number of thioether (sulfide) groups is 1. The van der Waals surface area contributed by atoms with E-state index in [4.69, 9.17) is 5.11 Å². The molecule has 0 aliphatic rings. The van der Waals surface area contributed by atoms with Gasteiger partial charge in [0.15, 0.2) is 0 Å². The number of non-ortho nitro benzene ring substituents is 1. The molecule has 0 amide bonds. The van der Waals surface area contributed by atoms with Gasteiger partial charge in [-0.15, -0.1) is 0 Å². The maximum absolute atomic E-state index is 10.5. The summed E-state index contributed by atoms with van der Waals surface area (Å²) in [6.45, 7) is 2.79. The minimum Gasteiger partial charge on any atom is -0.395 e. The number of aliphatic hydroxyl groups is 1. The maximum Gasteiger partial charge on any atom is 0.269 e. The van der Waals surface area contributed by atoms with E-state index in [9.17, 15) is 10.1 Å². The summed E-state index contributed by atoms with van der Waals surface area (Å²) in [5.41, 5.74) is 1.09. The van der Waals surface area contributed by atoms with Crippen molar-refractivity contribution in [3.63, 3.8) is 0 Å². The Hall–Kier alpha value is -1.11. The summed E-state index contributed by atoms with van der Waals surface area (Å²) >= 11 is 1.62. The van der Waals surface area contributed by atoms with Crippen molar-refractivity contribution in [1.29, 1.82) is 0 Å². The van der Waals surface area contributed by atoms with Gasteiger partial charge in [0.05, 0.1) is 11.5 Å². The molecule has 0 saturated heterocycles. The van der Waals surface area contributed by atoms with Crippen LogP contribution in [0.25, 0.3) is 0 Å². The first-order chi connectivity index (χ1) is 8.58. The topological polar surface area (TPSA) is 75.4 Å². The number of rotatable bonds is 7. The zero-order chi connectivity index (χ0) is 13.5. The molecule has 0 heterocycles. The van der Waals surface area contributed by atoms with Gasteiger partial charge in [-0.3, -0.25) is 10.1 Å². The molecule has 0 aromatic heterocycles. The number of nitro benzene ring substituents is 1. The van der Waals surface area contributed by atoms with Crippen LogP contribution in [0.4, 0.5) is 5.69 Å². The van der Waals surface area contributed by atoms with Crippen LogP contribution >= 0.6 is 11.8 Å². The zero-order valence-corrected chi connectivity index (χ0v) is 11.3. The highest BCUT2D eigenvalue weighted by atomic mass is 32.2. The Morgan fingerprint density at radius 3 is 2.50 bits per heavy atom. The molecule has 1 rings (SSSR count). The van der Waals surface area contributed by atoms with Crippen LogP contribution in [0.1, 0.15) is 12.5 Å². The van der Waals surface area contributed by atoms with Crippen molar-refractivity contribution >= 4 is 17.4 Å². The Morgan fingerprint density at radius 2 is 2.06 bits per heavy atom. The lowest BCUT2D eigenvalue weighted by Crippen LogP contribution is -2.37. The fraction of sp³-hybridized carbons (Fsp3) is 0.500. The predicted octanol–water partition coefficient (Wildman–Crippen LogP) is 1.80. The van der Waals surface area contributed by atoms with E-state index < -0.39 is 4.92 Å². The molecule has 18 heavy (non-hydrogen) atoms. The number of benzene rings is 1. The van der Waals surface area contributed by atoms with E-state index in [1.165, 1.54) is 12.1 Å². The molecule has 0 bridgehead atoms. The highest BCUT2D eigenvalue weighted by molar-refractivity contribution is 7.99. The van der Waals surface area contributed by atoms with Crippen LogP contribution in [0.2, 0.25) is 0 Å². The lowest BCUT2D eigenvalue weighted by Gasteiger charge is -2.21. The molecule has 0 aliphatic carbocycles. The number of aliphatic hydroxyl groups excluding tert-OH is 1. The van der Waals surface area contributed by atoms with Gasteiger partial charge in [0.25, 0.3) is 5.69 Å². The SMILES string of the molecule is CSC(CO)C(C)NCc1ccc([N+](=O)[O-])cc1. The molecule has 2 atom stereocenters. The van der Waals surface area contributed by atoms with Crippen LogP contribution in [0.5, 0.6) is 0 Å². The second kappa shape index (κ2) is 7.35. The first-order valence-electron chi connectivity index (χ1n) is 5.69. The van der Waals surface area contributed by atoms with E-state index in [0.717, 1.165) is 5.56 Å². The smallest absolute Gasteiger partial charge is 0.269 e. The third-order valence-electron chi connectivity index (χ3n) is 2.82. The highest BCUT2D eigenvalue weighted by Crippen LogP contribution is 2.13. The van der Waals surface area contributed by atoms with Crippen LogP contribution < -0.4 is 5.32 Å². The van der Waals surface area contributed by atoms with Gasteiger partial charge < -0.3 is 10.4 Å². The molecule has 2 unspecified atom stereocenters. The number of nitrogens with zero attached hydrogens (tertiary/aromatic N) is 1. The number of nitro groups is 1. The molecule has 0 spiro atoms. The number of nitrogens with one attached hydrogen (secondary N) is 1. The molecular formula is C12H18N2O3S. The van der Waals surface area contributed by atoms with Crippen molar-refractivity contribution in [3.8, 4) is 0 Å². The van der Waals surface area contributed by atoms with Crippen LogP contribution in [0.15, 0.2) is 24.3 Å². The second-order valence-corrected chi connectivity index (χ2v) is 5.13. The van der Waals surface area contributed by atoms with E-state index in [2.05, 4.69) is 5.32 Å². The lowest BCUT2D eigenvalue weighted by atomic mass is 10.2. The fourth-order valence-electron chi connectivity index (χ4n) is 1.58. The largest absolute Gasteiger partial charge is 0.395 e. The van der Waals surface area contributed by atoms with Crippen molar-refractivity contribution in [1.82, 2.24) is 5.32 Å². The van der Waals surface area contributed by atoms with E-state index in [1.54, 1.807) is 23.9 Å². The summed E-state index contributed by atoms with van der Waals surface area (Å²) in [7, 11) is 0. The molecule has 0 saturated carbocycles. The molecule has 0 aliphatic heterocycles. The number of hydrogen-bond donors (Lipinski definition) is 2. The molecule has 0 radical (unpaired) electrons. The maximum atomic E-state index is 10.5. The first kappa shape index (κ1) is 14.9. The molecule has 100 valence electrons. The van der Waals surface area contributed by atoms with E-state index in [0.29, 0.717) is 6.54 Å². The standard InChI is InChI=1S/C12H18N2O3S/c1-9(12(8-15)18-2)13-7-10-3-5-11(6-4-10)14(16)17/h3-6,9,12-13,15H,7-8H2,1-2H3. The molecule has 2 N–H and O–H groups in total. The Bertz CT molecular complexity index is 379. The quantitative estimate of drug-likeness (QED) is 0.583. The summed E-state index contributed by atoms with van der Waals surface area (Å²) in [5, 5.41) is 23.1. The zero-order valence-electron chi connectivity index (χ0n) is 10.5. The van der Waals surface area contributed by atoms with Crippen molar-refractivity contribution in [3.05, 3.63) is 39.9 Å². The first-order valence-corrected chi connectivity index (χ1v) is 6.97. The average molecular weight is 270 g/mol. The summed E-state index contributed by atoms with van der Waals surface area (Å²) < 4.78 is 0. The van der Waals surface area contributed by atoms with Gasteiger partial charge in [0, 0.05) is 30.0 Å².